The summed E-state index contributed by atoms with van der Waals surface area (Å²) < 4.78 is 38.7. The molecule has 0 heterocycles. The summed E-state index contributed by atoms with van der Waals surface area (Å²) in [6.45, 7) is 0. The summed E-state index contributed by atoms with van der Waals surface area (Å²) in [4.78, 5) is 18.8. The van der Waals surface area contributed by atoms with Crippen LogP contribution in [0.25, 0.3) is 11.0 Å². The Bertz CT molecular complexity index is 729. The van der Waals surface area contributed by atoms with Crippen LogP contribution in [-0.2, 0) is 6.18 Å². The molecular formula is C10H2F3N4O4-. The summed E-state index contributed by atoms with van der Waals surface area (Å²) in [6.07, 6.45) is -5.22. The molecule has 21 heavy (non-hydrogen) atoms. The number of non-ortho nitro benzene ring substituents is 1. The van der Waals surface area contributed by atoms with Crippen LogP contribution < -0.4 is 0 Å². The third kappa shape index (κ3) is 3.02. The fraction of sp³-hybridized carbons (Fsp3) is 0.100. The van der Waals surface area contributed by atoms with E-state index < -0.39 is 44.1 Å². The summed E-state index contributed by atoms with van der Waals surface area (Å²) in [6, 6.07) is 1.41. The molecule has 0 saturated heterocycles. The molecule has 0 aliphatic rings. The molecule has 1 aromatic rings. The third-order valence-corrected chi connectivity index (χ3v) is 2.29. The molecule has 0 radical (unpaired) electrons. The first-order chi connectivity index (χ1) is 9.63. The molecular weight excluding hydrogens is 297 g/mol. The van der Waals surface area contributed by atoms with Gasteiger partial charge in [-0.3, -0.25) is 20.2 Å². The first-order valence-electron chi connectivity index (χ1n) is 4.85. The third-order valence-electron chi connectivity index (χ3n) is 2.29. The molecule has 8 nitrogen and oxygen atoms in total. The summed E-state index contributed by atoms with van der Waals surface area (Å²) in [5, 5.41) is 38.6. The van der Waals surface area contributed by atoms with Crippen LogP contribution >= 0.6 is 0 Å². The van der Waals surface area contributed by atoms with Gasteiger partial charge >= 0.3 is 6.18 Å². The maximum atomic E-state index is 12.9. The van der Waals surface area contributed by atoms with E-state index in [0.29, 0.717) is 0 Å². The molecule has 0 saturated carbocycles. The zero-order chi connectivity index (χ0) is 16.4. The Morgan fingerprint density at radius 2 is 1.81 bits per heavy atom. The van der Waals surface area contributed by atoms with Gasteiger partial charge in [0.15, 0.2) is 0 Å². The average molecular weight is 299 g/mol. The molecule has 1 aromatic carbocycles. The minimum Gasteiger partial charge on any atom is -0.762 e. The molecule has 0 aliphatic heterocycles. The van der Waals surface area contributed by atoms with Crippen LogP contribution in [0.5, 0.6) is 0 Å². The number of allylic oxidation sites excluding steroid dienone is 1. The fourth-order valence-corrected chi connectivity index (χ4v) is 1.48. The van der Waals surface area contributed by atoms with E-state index in [1.165, 1.54) is 0 Å². The molecule has 0 amide bonds. The lowest BCUT2D eigenvalue weighted by molar-refractivity contribution is -0.394. The highest BCUT2D eigenvalue weighted by Crippen LogP contribution is 2.41. The molecule has 0 aromatic heterocycles. The highest BCUT2D eigenvalue weighted by atomic mass is 19.4. The van der Waals surface area contributed by atoms with Gasteiger partial charge in [0.25, 0.3) is 11.4 Å². The number of benzene rings is 1. The summed E-state index contributed by atoms with van der Waals surface area (Å²) in [5.74, 6) is 1.11. The van der Waals surface area contributed by atoms with Crippen LogP contribution in [0, 0.1) is 31.6 Å². The fourth-order valence-electron chi connectivity index (χ4n) is 1.48. The van der Waals surface area contributed by atoms with E-state index in [2.05, 4.69) is 0 Å². The Hall–Kier alpha value is -3.25. The van der Waals surface area contributed by atoms with Crippen LogP contribution in [0.2, 0.25) is 0 Å². The molecule has 0 aliphatic carbocycles. The number of alkyl halides is 3. The van der Waals surface area contributed by atoms with Crippen molar-refractivity contribution in [1.82, 2.24) is 0 Å². The van der Waals surface area contributed by atoms with Gasteiger partial charge in [-0.25, -0.2) is 5.87 Å². The van der Waals surface area contributed by atoms with Crippen molar-refractivity contribution in [1.29, 1.82) is 5.26 Å². The van der Waals surface area contributed by atoms with E-state index in [4.69, 9.17) is 10.7 Å². The number of nitrogens with zero attached hydrogens (tertiary/aromatic N) is 4. The minimum atomic E-state index is -5.22. The Morgan fingerprint density at radius 1 is 1.24 bits per heavy atom. The van der Waals surface area contributed by atoms with Crippen LogP contribution in [0.1, 0.15) is 11.1 Å². The quantitative estimate of drug-likeness (QED) is 0.366. The van der Waals surface area contributed by atoms with Gasteiger partial charge in [-0.2, -0.15) is 18.4 Å². The molecule has 1 rings (SSSR count). The highest BCUT2D eigenvalue weighted by Gasteiger charge is 2.40. The van der Waals surface area contributed by atoms with E-state index in [1.807, 2.05) is 0 Å². The highest BCUT2D eigenvalue weighted by molar-refractivity contribution is 6.02. The van der Waals surface area contributed by atoms with E-state index in [-0.39, 0.29) is 12.1 Å². The van der Waals surface area contributed by atoms with Crippen LogP contribution in [0.15, 0.2) is 12.1 Å². The number of nitriles is 1. The minimum absolute atomic E-state index is 0.0387. The second-order valence-electron chi connectivity index (χ2n) is 3.50. The number of nitro benzene ring substituents is 2. The Labute approximate surface area is 113 Å². The van der Waals surface area contributed by atoms with Gasteiger partial charge in [0.2, 0.25) is 0 Å². The van der Waals surface area contributed by atoms with Gasteiger partial charge in [-0.15, -0.1) is 0 Å². The zero-order valence-corrected chi connectivity index (χ0v) is 9.71. The largest absolute Gasteiger partial charge is 0.762 e. The standard InChI is InChI=1S/C10H2F3N4O4/c11-10(12,13)7-1-6(16(18)19)2-8(17(20)21)9(7)5(3-14)4-15/h1-2H/q-1. The maximum absolute atomic E-state index is 12.9. The SMILES string of the molecule is N#CC(=C=[N-])c1c([N+](=O)[O-])cc([N+](=O)[O-])cc1C(F)(F)F. The van der Waals surface area contributed by atoms with Gasteiger partial charge in [-0.1, -0.05) is 0 Å². The van der Waals surface area contributed by atoms with Gasteiger partial charge in [-0.05, 0) is 0 Å². The number of hydrogen-bond donors (Lipinski definition) is 0. The normalized spacial score (nSPS) is 10.4. The second kappa shape index (κ2) is 5.40. The average Bonchev–Trinajstić information content (AvgIpc) is 2.38. The number of hydrogen-bond acceptors (Lipinski definition) is 5. The van der Waals surface area contributed by atoms with E-state index in [9.17, 15) is 33.4 Å². The first-order valence-corrected chi connectivity index (χ1v) is 4.85. The van der Waals surface area contributed by atoms with Crippen LogP contribution in [-0.4, -0.2) is 15.7 Å². The Balaban J connectivity index is 3.99. The molecule has 11 heteroatoms. The number of nitro groups is 2. The molecule has 0 bridgehead atoms. The second-order valence-corrected chi connectivity index (χ2v) is 3.50. The van der Waals surface area contributed by atoms with Crippen LogP contribution in [0.4, 0.5) is 24.5 Å². The Morgan fingerprint density at radius 3 is 2.14 bits per heavy atom. The topological polar surface area (TPSA) is 132 Å². The zero-order valence-electron chi connectivity index (χ0n) is 9.71. The number of halogens is 3. The van der Waals surface area contributed by atoms with Crippen molar-refractivity contribution in [2.45, 2.75) is 6.18 Å². The van der Waals surface area contributed by atoms with Crippen molar-refractivity contribution < 1.29 is 23.0 Å². The van der Waals surface area contributed by atoms with E-state index in [1.54, 1.807) is 0 Å². The van der Waals surface area contributed by atoms with Crippen molar-refractivity contribution in [3.63, 3.8) is 0 Å². The summed E-state index contributed by atoms with van der Waals surface area (Å²) in [5.41, 5.74) is -6.75. The lowest BCUT2D eigenvalue weighted by Gasteiger charge is -2.12. The van der Waals surface area contributed by atoms with Crippen LogP contribution in [0.3, 0.4) is 0 Å². The Kier molecular flexibility index (Phi) is 4.06. The summed E-state index contributed by atoms with van der Waals surface area (Å²) in [7, 11) is 0. The van der Waals surface area contributed by atoms with Gasteiger partial charge in [0.1, 0.15) is 6.07 Å². The molecule has 108 valence electrons. The van der Waals surface area contributed by atoms with Crippen molar-refractivity contribution >= 4 is 22.8 Å². The van der Waals surface area contributed by atoms with E-state index in [0.717, 1.165) is 11.9 Å². The van der Waals surface area contributed by atoms with Crippen molar-refractivity contribution in [2.24, 2.45) is 0 Å². The lowest BCUT2D eigenvalue weighted by atomic mass is 9.98. The van der Waals surface area contributed by atoms with Gasteiger partial charge in [0.05, 0.1) is 32.6 Å². The van der Waals surface area contributed by atoms with Crippen molar-refractivity contribution in [3.8, 4) is 6.07 Å². The first kappa shape index (κ1) is 15.8. The molecule has 0 spiro atoms. The van der Waals surface area contributed by atoms with Crippen molar-refractivity contribution in [3.05, 3.63) is 48.9 Å². The number of rotatable bonds is 3. The molecule has 0 unspecified atom stereocenters. The molecule has 0 atom stereocenters. The molecule has 0 fully saturated rings. The van der Waals surface area contributed by atoms with Gasteiger partial charge < -0.3 is 5.41 Å². The lowest BCUT2D eigenvalue weighted by Crippen LogP contribution is -2.12. The monoisotopic (exact) mass is 299 g/mol. The maximum Gasteiger partial charge on any atom is 0.417 e. The predicted octanol–water partition coefficient (Wildman–Crippen LogP) is 2.67. The van der Waals surface area contributed by atoms with Crippen molar-refractivity contribution in [2.75, 3.05) is 0 Å². The predicted molar refractivity (Wildman–Crippen MR) is 62.1 cm³/mol. The van der Waals surface area contributed by atoms with E-state index >= 15 is 0 Å². The van der Waals surface area contributed by atoms with Gasteiger partial charge in [0, 0.05) is 6.07 Å². The molecule has 0 N–H and O–H groups in total. The smallest absolute Gasteiger partial charge is 0.417 e. The summed E-state index contributed by atoms with van der Waals surface area (Å²) >= 11 is 0.